The Hall–Kier alpha value is -1.40. The average Bonchev–Trinajstić information content (AvgIpc) is 2.34. The van der Waals surface area contributed by atoms with Gasteiger partial charge in [-0.15, -0.1) is 0 Å². The molecule has 1 N–H and O–H groups in total. The molecular formula is C10H11NO4S. The van der Waals surface area contributed by atoms with Crippen LogP contribution in [0.15, 0.2) is 29.2 Å². The van der Waals surface area contributed by atoms with Gasteiger partial charge in [-0.05, 0) is 12.1 Å². The summed E-state index contributed by atoms with van der Waals surface area (Å²) in [6.45, 7) is -0.000255. The second kappa shape index (κ2) is 3.88. The number of anilines is 1. The topological polar surface area (TPSA) is 74.7 Å². The van der Waals surface area contributed by atoms with Crippen molar-refractivity contribution in [2.75, 3.05) is 17.2 Å². The van der Waals surface area contributed by atoms with Crippen molar-refractivity contribution in [3.8, 4) is 0 Å². The lowest BCUT2D eigenvalue weighted by Gasteiger charge is -2.17. The first kappa shape index (κ1) is 11.1. The monoisotopic (exact) mass is 241 g/mol. The van der Waals surface area contributed by atoms with Gasteiger partial charge in [0.2, 0.25) is 6.41 Å². The van der Waals surface area contributed by atoms with Crippen LogP contribution < -0.4 is 4.90 Å². The lowest BCUT2D eigenvalue weighted by molar-refractivity contribution is -0.107. The summed E-state index contributed by atoms with van der Waals surface area (Å²) in [6, 6.07) is 6.25. The Morgan fingerprint density at radius 3 is 2.75 bits per heavy atom. The number of hydrogen-bond acceptors (Lipinski definition) is 4. The van der Waals surface area contributed by atoms with Gasteiger partial charge in [-0.25, -0.2) is 8.42 Å². The lowest BCUT2D eigenvalue weighted by atomic mass is 10.3. The molecule has 1 unspecified atom stereocenters. The number of hydrogen-bond donors (Lipinski definition) is 1. The summed E-state index contributed by atoms with van der Waals surface area (Å²) in [5.41, 5.74) is 0.328. The van der Waals surface area contributed by atoms with Crippen molar-refractivity contribution in [3.63, 3.8) is 0 Å². The number of carbonyl (C=O) groups excluding carboxylic acids is 1. The third-order valence-corrected chi connectivity index (χ3v) is 4.30. The molecule has 2 rings (SSSR count). The fraction of sp³-hybridized carbons (Fsp3) is 0.300. The molecule has 1 amide bonds. The number of aliphatic hydroxyl groups is 1. The van der Waals surface area contributed by atoms with E-state index < -0.39 is 15.9 Å². The smallest absolute Gasteiger partial charge is 0.214 e. The molecule has 5 nitrogen and oxygen atoms in total. The second-order valence-electron chi connectivity index (χ2n) is 3.66. The number of sulfone groups is 1. The molecule has 0 fully saturated rings. The van der Waals surface area contributed by atoms with E-state index in [1.165, 1.54) is 11.0 Å². The number of nitrogens with zero attached hydrogens (tertiary/aromatic N) is 1. The molecule has 16 heavy (non-hydrogen) atoms. The summed E-state index contributed by atoms with van der Waals surface area (Å²) in [6.07, 6.45) is -0.523. The van der Waals surface area contributed by atoms with Crippen molar-refractivity contribution in [2.24, 2.45) is 0 Å². The molecule has 86 valence electrons. The highest BCUT2D eigenvalue weighted by molar-refractivity contribution is 7.91. The Morgan fingerprint density at radius 1 is 1.38 bits per heavy atom. The molecule has 6 heteroatoms. The number of benzene rings is 1. The van der Waals surface area contributed by atoms with E-state index in [0.29, 0.717) is 12.1 Å². The molecule has 0 aromatic heterocycles. The van der Waals surface area contributed by atoms with E-state index in [9.17, 15) is 18.3 Å². The molecular weight excluding hydrogens is 230 g/mol. The molecule has 0 saturated carbocycles. The van der Waals surface area contributed by atoms with E-state index in [0.717, 1.165) is 0 Å². The quantitative estimate of drug-likeness (QED) is 0.691. The highest BCUT2D eigenvalue weighted by atomic mass is 32.2. The van der Waals surface area contributed by atoms with Gasteiger partial charge in [0, 0.05) is 0 Å². The van der Waals surface area contributed by atoms with E-state index in [1.807, 2.05) is 0 Å². The fourth-order valence-corrected chi connectivity index (χ4v) is 3.36. The van der Waals surface area contributed by atoms with Crippen molar-refractivity contribution in [1.82, 2.24) is 0 Å². The predicted octanol–water partition coefficient (Wildman–Crippen LogP) is -0.202. The Kier molecular flexibility index (Phi) is 2.69. The lowest BCUT2D eigenvalue weighted by Crippen LogP contribution is -2.32. The molecule has 1 aliphatic heterocycles. The molecule has 0 radical (unpaired) electrons. The number of rotatable bonds is 1. The van der Waals surface area contributed by atoms with Crippen LogP contribution in [-0.2, 0) is 14.6 Å². The third-order valence-electron chi connectivity index (χ3n) is 2.46. The van der Waals surface area contributed by atoms with Crippen LogP contribution in [0.2, 0.25) is 0 Å². The van der Waals surface area contributed by atoms with Crippen LogP contribution in [-0.4, -0.2) is 38.3 Å². The van der Waals surface area contributed by atoms with Crippen molar-refractivity contribution in [3.05, 3.63) is 24.3 Å². The van der Waals surface area contributed by atoms with Crippen LogP contribution in [0.1, 0.15) is 0 Å². The predicted molar refractivity (Wildman–Crippen MR) is 57.9 cm³/mol. The zero-order valence-corrected chi connectivity index (χ0v) is 9.22. The number of fused-ring (bicyclic) bond motifs is 1. The van der Waals surface area contributed by atoms with E-state index in [-0.39, 0.29) is 17.2 Å². The molecule has 1 aromatic carbocycles. The number of para-hydroxylation sites is 1. The maximum atomic E-state index is 11.9. The van der Waals surface area contributed by atoms with E-state index in [2.05, 4.69) is 0 Å². The number of aliphatic hydroxyl groups excluding tert-OH is 1. The van der Waals surface area contributed by atoms with Crippen LogP contribution in [0, 0.1) is 0 Å². The van der Waals surface area contributed by atoms with Crippen LogP contribution in [0.5, 0.6) is 0 Å². The molecule has 1 aliphatic rings. The van der Waals surface area contributed by atoms with Gasteiger partial charge in [0.25, 0.3) is 0 Å². The van der Waals surface area contributed by atoms with Crippen LogP contribution in [0.4, 0.5) is 5.69 Å². The maximum Gasteiger partial charge on any atom is 0.214 e. The van der Waals surface area contributed by atoms with Gasteiger partial charge in [0.15, 0.2) is 9.84 Å². The minimum atomic E-state index is -3.52. The summed E-state index contributed by atoms with van der Waals surface area (Å²) < 4.78 is 23.7. The van der Waals surface area contributed by atoms with Gasteiger partial charge in [0.1, 0.15) is 0 Å². The zero-order chi connectivity index (χ0) is 11.8. The molecule has 0 bridgehead atoms. The van der Waals surface area contributed by atoms with Gasteiger partial charge in [-0.2, -0.15) is 0 Å². The van der Waals surface area contributed by atoms with E-state index in [4.69, 9.17) is 0 Å². The molecule has 1 atom stereocenters. The number of amides is 1. The third kappa shape index (κ3) is 1.81. The summed E-state index contributed by atoms with van der Waals surface area (Å²) in [7, 11) is -3.52. The molecule has 0 saturated heterocycles. The summed E-state index contributed by atoms with van der Waals surface area (Å²) >= 11 is 0. The summed E-state index contributed by atoms with van der Waals surface area (Å²) in [5.74, 6) is -0.353. The standard InChI is InChI=1S/C10H11NO4S/c12-7-11-5-8(13)6-16(14,15)10-4-2-1-3-9(10)11/h1-4,7-8,13H,5-6H2. The Labute approximate surface area is 93.2 Å². The van der Waals surface area contributed by atoms with Gasteiger partial charge in [-0.3, -0.25) is 4.79 Å². The fourth-order valence-electron chi connectivity index (χ4n) is 1.78. The van der Waals surface area contributed by atoms with Crippen LogP contribution in [0.3, 0.4) is 0 Å². The van der Waals surface area contributed by atoms with E-state index in [1.54, 1.807) is 18.2 Å². The molecule has 1 heterocycles. The van der Waals surface area contributed by atoms with Crippen molar-refractivity contribution in [1.29, 1.82) is 0 Å². The minimum Gasteiger partial charge on any atom is -0.390 e. The largest absolute Gasteiger partial charge is 0.390 e. The van der Waals surface area contributed by atoms with Crippen LogP contribution >= 0.6 is 0 Å². The molecule has 0 spiro atoms. The SMILES string of the molecule is O=CN1CC(O)CS(=O)(=O)c2ccccc21. The average molecular weight is 241 g/mol. The van der Waals surface area contributed by atoms with E-state index >= 15 is 0 Å². The van der Waals surface area contributed by atoms with Crippen molar-refractivity contribution < 1.29 is 18.3 Å². The maximum absolute atomic E-state index is 11.9. The van der Waals surface area contributed by atoms with Gasteiger partial charge < -0.3 is 10.0 Å². The number of carbonyl (C=O) groups is 1. The van der Waals surface area contributed by atoms with Gasteiger partial charge in [-0.1, -0.05) is 12.1 Å². The summed E-state index contributed by atoms with van der Waals surface area (Å²) in [5, 5.41) is 9.52. The zero-order valence-electron chi connectivity index (χ0n) is 8.41. The van der Waals surface area contributed by atoms with Crippen molar-refractivity contribution in [2.45, 2.75) is 11.0 Å². The molecule has 1 aromatic rings. The first-order valence-electron chi connectivity index (χ1n) is 4.76. The normalized spacial score (nSPS) is 23.3. The Morgan fingerprint density at radius 2 is 2.06 bits per heavy atom. The van der Waals surface area contributed by atoms with Crippen molar-refractivity contribution >= 4 is 21.9 Å². The Balaban J connectivity index is 2.65. The van der Waals surface area contributed by atoms with Gasteiger partial charge in [0.05, 0.1) is 29.0 Å². The van der Waals surface area contributed by atoms with Gasteiger partial charge >= 0.3 is 0 Å². The first-order valence-corrected chi connectivity index (χ1v) is 6.41. The number of β-amino-alcohol motifs (C(OH)–C–C–N with tert-alkyl or cyclic N) is 1. The summed E-state index contributed by atoms with van der Waals surface area (Å²) in [4.78, 5) is 12.2. The minimum absolute atomic E-state index is 0.000255. The highest BCUT2D eigenvalue weighted by Crippen LogP contribution is 2.28. The Bertz CT molecular complexity index is 511. The van der Waals surface area contributed by atoms with Crippen LogP contribution in [0.25, 0.3) is 0 Å². The molecule has 0 aliphatic carbocycles. The second-order valence-corrected chi connectivity index (χ2v) is 5.66. The first-order chi connectivity index (χ1) is 7.54. The highest BCUT2D eigenvalue weighted by Gasteiger charge is 2.30.